The maximum Gasteiger partial charge on any atom is 0.231 e. The molecule has 0 N–H and O–H groups in total. The molecule has 0 saturated heterocycles. The number of benzene rings is 2. The van der Waals surface area contributed by atoms with Gasteiger partial charge in [-0.1, -0.05) is 36.4 Å². The van der Waals surface area contributed by atoms with Crippen molar-refractivity contribution >= 4 is 68.6 Å². The second-order valence-corrected chi connectivity index (χ2v) is 14.0. The third-order valence-corrected chi connectivity index (χ3v) is 7.51. The minimum Gasteiger partial charge on any atom is -0.213 e. The Morgan fingerprint density at radius 2 is 0.864 bits per heavy atom. The molecule has 0 atom stereocenters. The monoisotopic (exact) mass is 560 g/mol. The Labute approximate surface area is 153 Å². The number of hydrogen-bond acceptors (Lipinski definition) is 4. The van der Waals surface area contributed by atoms with E-state index >= 15 is 0 Å². The predicted octanol–water partition coefficient (Wildman–Crippen LogP) is 4.10. The summed E-state index contributed by atoms with van der Waals surface area (Å²) in [4.78, 5) is 0.531. The van der Waals surface area contributed by atoms with E-state index in [0.29, 0.717) is 0 Å². The highest BCUT2D eigenvalue weighted by Crippen LogP contribution is 2.20. The summed E-state index contributed by atoms with van der Waals surface area (Å²) in [6, 6.07) is 13.1. The lowest BCUT2D eigenvalue weighted by Crippen LogP contribution is -1.89. The average molecular weight is 560 g/mol. The van der Waals surface area contributed by atoms with Crippen molar-refractivity contribution in [3.63, 3.8) is 0 Å². The highest BCUT2D eigenvalue weighted by atomic mass is 127. The molecule has 0 bridgehead atoms. The van der Waals surface area contributed by atoms with Crippen LogP contribution in [0.15, 0.2) is 58.3 Å². The molecule has 2 aromatic rings. The number of halogens is 2. The first-order chi connectivity index (χ1) is 10.2. The van der Waals surface area contributed by atoms with Gasteiger partial charge in [-0.25, -0.2) is 16.8 Å². The summed E-state index contributed by atoms with van der Waals surface area (Å²) in [6.45, 7) is 0. The molecule has 0 heterocycles. The highest BCUT2D eigenvalue weighted by Gasteiger charge is 2.08. The van der Waals surface area contributed by atoms with Gasteiger partial charge in [-0.2, -0.15) is 0 Å². The summed E-state index contributed by atoms with van der Waals surface area (Å²) < 4.78 is 45.4. The zero-order chi connectivity index (χ0) is 16.4. The Bertz CT molecular complexity index is 821. The first kappa shape index (κ1) is 17.9. The van der Waals surface area contributed by atoms with Crippen molar-refractivity contribution in [2.24, 2.45) is 0 Å². The molecule has 0 spiro atoms. The summed E-state index contributed by atoms with van der Waals surface area (Å²) in [6.07, 6.45) is 3.66. The summed E-state index contributed by atoms with van der Waals surface area (Å²) >= 11 is 2.80. The van der Waals surface area contributed by atoms with Gasteiger partial charge in [0.25, 0.3) is 0 Å². The van der Waals surface area contributed by atoms with Crippen molar-refractivity contribution in [1.29, 1.82) is 0 Å². The summed E-state index contributed by atoms with van der Waals surface area (Å²) in [5.74, 6) is 0. The first-order valence-electron chi connectivity index (χ1n) is 5.94. The molecule has 116 valence electrons. The van der Waals surface area contributed by atoms with Crippen LogP contribution in [-0.2, 0) is 14.0 Å². The topological polar surface area (TPSA) is 68.3 Å². The van der Waals surface area contributed by atoms with Crippen molar-refractivity contribution < 1.29 is 16.8 Å². The molecule has 0 fully saturated rings. The Hall–Kier alpha value is -0.460. The molecule has 4 nitrogen and oxygen atoms in total. The first-order valence-corrected chi connectivity index (χ1v) is 14.0. The van der Waals surface area contributed by atoms with E-state index in [1.807, 2.05) is 12.2 Å². The molecule has 0 unspecified atom stereocenters. The van der Waals surface area contributed by atoms with Crippen LogP contribution in [0, 0.1) is 0 Å². The largest absolute Gasteiger partial charge is 0.231 e. The molecule has 0 aliphatic heterocycles. The van der Waals surface area contributed by atoms with Gasteiger partial charge in [0.2, 0.25) is 14.0 Å². The van der Waals surface area contributed by atoms with E-state index in [9.17, 15) is 16.8 Å². The van der Waals surface area contributed by atoms with Crippen molar-refractivity contribution in [1.82, 2.24) is 0 Å². The second kappa shape index (κ2) is 6.97. The Kier molecular flexibility index (Phi) is 5.67. The molecule has 0 aliphatic carbocycles. The highest BCUT2D eigenvalue weighted by molar-refractivity contribution is 14.2. The van der Waals surface area contributed by atoms with E-state index in [0.717, 1.165) is 11.1 Å². The van der Waals surface area contributed by atoms with E-state index in [1.165, 1.54) is 42.4 Å². The lowest BCUT2D eigenvalue weighted by molar-refractivity contribution is 0.611. The fourth-order valence-electron chi connectivity index (χ4n) is 1.68. The number of rotatable bonds is 4. The SMILES string of the molecule is O=S(=O)(I)c1ccc(/C=C/c2ccc(S(=O)(=O)I)cc2)cc1. The van der Waals surface area contributed by atoms with Crippen molar-refractivity contribution in [2.45, 2.75) is 9.79 Å². The van der Waals surface area contributed by atoms with E-state index in [2.05, 4.69) is 0 Å². The average Bonchev–Trinajstić information content (AvgIpc) is 2.44. The molecule has 0 saturated carbocycles. The van der Waals surface area contributed by atoms with Crippen LogP contribution >= 0.6 is 42.4 Å². The fourth-order valence-corrected chi connectivity index (χ4v) is 4.36. The second-order valence-electron chi connectivity index (χ2n) is 4.35. The standard InChI is InChI=1S/C14H10I2O4S2/c15-21(17,18)13-7-3-11(4-8-13)1-2-12-5-9-14(10-6-12)22(16,19)20/h1-10H/b2-1+. The van der Waals surface area contributed by atoms with Gasteiger partial charge in [0.15, 0.2) is 0 Å². The Morgan fingerprint density at radius 1 is 0.591 bits per heavy atom. The van der Waals surface area contributed by atoms with E-state index in [4.69, 9.17) is 0 Å². The van der Waals surface area contributed by atoms with Gasteiger partial charge in [-0.3, -0.25) is 0 Å². The lowest BCUT2D eigenvalue weighted by Gasteiger charge is -1.99. The third kappa shape index (κ3) is 5.03. The zero-order valence-electron chi connectivity index (χ0n) is 11.0. The van der Waals surface area contributed by atoms with Gasteiger partial charge in [-0.15, -0.1) is 0 Å². The van der Waals surface area contributed by atoms with Gasteiger partial charge in [0, 0.05) is 0 Å². The molecule has 2 rings (SSSR count). The summed E-state index contributed by atoms with van der Waals surface area (Å²) in [5.41, 5.74) is 1.71. The van der Waals surface area contributed by atoms with Crippen LogP contribution in [-0.4, -0.2) is 16.8 Å². The molecule has 0 amide bonds. The van der Waals surface area contributed by atoms with Crippen molar-refractivity contribution in [3.05, 3.63) is 59.7 Å². The van der Waals surface area contributed by atoms with E-state index in [1.54, 1.807) is 48.5 Å². The minimum absolute atomic E-state index is 0.266. The summed E-state index contributed by atoms with van der Waals surface area (Å²) in [5, 5.41) is 0. The van der Waals surface area contributed by atoms with Crippen LogP contribution in [0.4, 0.5) is 0 Å². The van der Waals surface area contributed by atoms with Crippen LogP contribution in [0.1, 0.15) is 11.1 Å². The molecule has 2 aromatic carbocycles. The van der Waals surface area contributed by atoms with Crippen molar-refractivity contribution in [2.75, 3.05) is 0 Å². The smallest absolute Gasteiger partial charge is 0.213 e. The maximum atomic E-state index is 11.4. The van der Waals surface area contributed by atoms with Gasteiger partial charge < -0.3 is 0 Å². The van der Waals surface area contributed by atoms with E-state index < -0.39 is 14.0 Å². The van der Waals surface area contributed by atoms with Crippen molar-refractivity contribution in [3.8, 4) is 0 Å². The molecular formula is C14H10I2O4S2. The molecule has 0 aromatic heterocycles. The quantitative estimate of drug-likeness (QED) is 0.321. The maximum absolute atomic E-state index is 11.4. The third-order valence-electron chi connectivity index (χ3n) is 2.79. The van der Waals surface area contributed by atoms with Crippen LogP contribution in [0.5, 0.6) is 0 Å². The molecular weight excluding hydrogens is 550 g/mol. The zero-order valence-corrected chi connectivity index (χ0v) is 16.9. The fraction of sp³-hybridized carbons (Fsp3) is 0. The molecule has 0 aliphatic rings. The van der Waals surface area contributed by atoms with Gasteiger partial charge in [0.1, 0.15) is 0 Å². The lowest BCUT2D eigenvalue weighted by atomic mass is 10.1. The van der Waals surface area contributed by atoms with Crippen LogP contribution in [0.3, 0.4) is 0 Å². The van der Waals surface area contributed by atoms with Crippen LogP contribution in [0.25, 0.3) is 12.2 Å². The molecule has 0 radical (unpaired) electrons. The molecule has 8 heteroatoms. The van der Waals surface area contributed by atoms with Gasteiger partial charge in [-0.05, 0) is 35.4 Å². The Morgan fingerprint density at radius 3 is 1.09 bits per heavy atom. The van der Waals surface area contributed by atoms with E-state index in [-0.39, 0.29) is 9.79 Å². The summed E-state index contributed by atoms with van der Waals surface area (Å²) in [7, 11) is -6.43. The minimum atomic E-state index is -3.22. The normalized spacial score (nSPS) is 12.6. The molecule has 22 heavy (non-hydrogen) atoms. The van der Waals surface area contributed by atoms with Crippen LogP contribution < -0.4 is 0 Å². The Balaban J connectivity index is 2.18. The number of hydrogen-bond donors (Lipinski definition) is 0. The predicted molar refractivity (Wildman–Crippen MR) is 104 cm³/mol. The van der Waals surface area contributed by atoms with Crippen LogP contribution in [0.2, 0.25) is 0 Å². The van der Waals surface area contributed by atoms with Gasteiger partial charge >= 0.3 is 0 Å². The van der Waals surface area contributed by atoms with Gasteiger partial charge in [0.05, 0.1) is 52.2 Å².